The van der Waals surface area contributed by atoms with Gasteiger partial charge in [-0.2, -0.15) is 8.42 Å². The minimum Gasteiger partial charge on any atom is -0.353 e. The first kappa shape index (κ1) is 19.4. The monoisotopic (exact) mass is 356 g/mol. The van der Waals surface area contributed by atoms with Crippen molar-refractivity contribution in [3.63, 3.8) is 0 Å². The minimum atomic E-state index is -3.63. The molecule has 1 saturated heterocycles. The number of benzene rings is 1. The second-order valence-electron chi connectivity index (χ2n) is 6.17. The van der Waals surface area contributed by atoms with Gasteiger partial charge in [-0.25, -0.2) is 0 Å². The first-order valence-corrected chi connectivity index (χ1v) is 10.2. The van der Waals surface area contributed by atoms with Gasteiger partial charge in [-0.05, 0) is 51.2 Å². The number of unbranched alkanes of at least 4 members (excludes halogenated alkanes) is 3. The Morgan fingerprint density at radius 1 is 1.04 bits per heavy atom. The molecule has 0 aromatic heterocycles. The van der Waals surface area contributed by atoms with Crippen LogP contribution in [0.2, 0.25) is 0 Å². The molecule has 1 aromatic rings. The van der Waals surface area contributed by atoms with E-state index in [2.05, 4.69) is 0 Å². The Morgan fingerprint density at radius 3 is 2.42 bits per heavy atom. The Labute approximate surface area is 145 Å². The summed E-state index contributed by atoms with van der Waals surface area (Å²) >= 11 is 0. The van der Waals surface area contributed by atoms with Crippen LogP contribution >= 0.6 is 0 Å². The minimum absolute atomic E-state index is 0.0262. The average Bonchev–Trinajstić information content (AvgIpc) is 2.58. The van der Waals surface area contributed by atoms with Crippen LogP contribution in [0.3, 0.4) is 0 Å². The summed E-state index contributed by atoms with van der Waals surface area (Å²) in [6, 6.07) is 6.70. The van der Waals surface area contributed by atoms with Crippen molar-refractivity contribution in [1.29, 1.82) is 0 Å². The largest absolute Gasteiger partial charge is 0.353 e. The lowest BCUT2D eigenvalue weighted by atomic mass is 10.2. The quantitative estimate of drug-likeness (QED) is 0.471. The molecule has 2 rings (SSSR count). The molecular formula is C18H28O5S. The molecule has 0 amide bonds. The second kappa shape index (κ2) is 10.1. The molecule has 0 N–H and O–H groups in total. The van der Waals surface area contributed by atoms with Gasteiger partial charge in [0.05, 0.1) is 11.5 Å². The molecule has 136 valence electrons. The highest BCUT2D eigenvalue weighted by molar-refractivity contribution is 7.86. The molecule has 0 spiro atoms. The van der Waals surface area contributed by atoms with Gasteiger partial charge < -0.3 is 9.47 Å². The molecule has 1 heterocycles. The molecule has 5 nitrogen and oxygen atoms in total. The summed E-state index contributed by atoms with van der Waals surface area (Å²) in [4.78, 5) is 0.217. The van der Waals surface area contributed by atoms with Crippen molar-refractivity contribution >= 4 is 10.1 Å². The van der Waals surface area contributed by atoms with Gasteiger partial charge in [0.15, 0.2) is 6.29 Å². The SMILES string of the molecule is Cc1ccc(S(=O)(=O)OCCCCCCOC2CCCCO2)cc1. The summed E-state index contributed by atoms with van der Waals surface area (Å²) in [5.74, 6) is 0. The van der Waals surface area contributed by atoms with Crippen molar-refractivity contribution in [3.8, 4) is 0 Å². The van der Waals surface area contributed by atoms with E-state index in [0.29, 0.717) is 6.61 Å². The lowest BCUT2D eigenvalue weighted by Gasteiger charge is -2.22. The van der Waals surface area contributed by atoms with Crippen molar-refractivity contribution in [2.45, 2.75) is 63.1 Å². The van der Waals surface area contributed by atoms with Crippen LogP contribution in [-0.4, -0.2) is 34.5 Å². The van der Waals surface area contributed by atoms with Crippen LogP contribution in [-0.2, 0) is 23.8 Å². The topological polar surface area (TPSA) is 61.8 Å². The molecule has 1 aliphatic heterocycles. The van der Waals surface area contributed by atoms with E-state index in [-0.39, 0.29) is 17.8 Å². The lowest BCUT2D eigenvalue weighted by molar-refractivity contribution is -0.162. The zero-order valence-corrected chi connectivity index (χ0v) is 15.2. The maximum Gasteiger partial charge on any atom is 0.296 e. The summed E-state index contributed by atoms with van der Waals surface area (Å²) in [5, 5.41) is 0. The highest BCUT2D eigenvalue weighted by Gasteiger charge is 2.15. The number of aryl methyl sites for hydroxylation is 1. The van der Waals surface area contributed by atoms with Gasteiger partial charge in [0.25, 0.3) is 10.1 Å². The fourth-order valence-electron chi connectivity index (χ4n) is 2.56. The predicted octanol–water partition coefficient (Wildman–Crippen LogP) is 3.80. The highest BCUT2D eigenvalue weighted by atomic mass is 32.2. The van der Waals surface area contributed by atoms with Gasteiger partial charge in [0.2, 0.25) is 0 Å². The Morgan fingerprint density at radius 2 is 1.75 bits per heavy atom. The standard InChI is InChI=1S/C18H28O5S/c1-16-9-11-17(12-10-16)24(19,20)23-15-6-3-2-5-13-21-18-8-4-7-14-22-18/h9-12,18H,2-8,13-15H2,1H3. The second-order valence-corrected chi connectivity index (χ2v) is 7.79. The Bertz CT molecular complexity index is 562. The molecule has 1 aromatic carbocycles. The maximum atomic E-state index is 12.0. The molecular weight excluding hydrogens is 328 g/mol. The number of hydrogen-bond donors (Lipinski definition) is 0. The lowest BCUT2D eigenvalue weighted by Crippen LogP contribution is -2.22. The highest BCUT2D eigenvalue weighted by Crippen LogP contribution is 2.15. The van der Waals surface area contributed by atoms with Crippen molar-refractivity contribution in [3.05, 3.63) is 29.8 Å². The van der Waals surface area contributed by atoms with E-state index < -0.39 is 10.1 Å². The number of rotatable bonds is 10. The van der Waals surface area contributed by atoms with Gasteiger partial charge >= 0.3 is 0 Å². The maximum absolute atomic E-state index is 12.0. The summed E-state index contributed by atoms with van der Waals surface area (Å²) in [6.45, 7) is 3.65. The van der Waals surface area contributed by atoms with Gasteiger partial charge in [-0.3, -0.25) is 4.18 Å². The number of hydrogen-bond acceptors (Lipinski definition) is 5. The van der Waals surface area contributed by atoms with Crippen LogP contribution < -0.4 is 0 Å². The van der Waals surface area contributed by atoms with Gasteiger partial charge in [-0.1, -0.05) is 30.5 Å². The molecule has 1 fully saturated rings. The summed E-state index contributed by atoms with van der Waals surface area (Å²) < 4.78 is 40.2. The van der Waals surface area contributed by atoms with Crippen LogP contribution in [0.25, 0.3) is 0 Å². The molecule has 6 heteroatoms. The average molecular weight is 356 g/mol. The predicted molar refractivity (Wildman–Crippen MR) is 92.3 cm³/mol. The van der Waals surface area contributed by atoms with E-state index in [1.165, 1.54) is 6.42 Å². The Kier molecular flexibility index (Phi) is 8.18. The van der Waals surface area contributed by atoms with Crippen LogP contribution in [0.4, 0.5) is 0 Å². The van der Waals surface area contributed by atoms with Crippen molar-refractivity contribution in [1.82, 2.24) is 0 Å². The Balaban J connectivity index is 1.52. The van der Waals surface area contributed by atoms with E-state index in [1.807, 2.05) is 6.92 Å². The summed E-state index contributed by atoms with van der Waals surface area (Å²) in [6.07, 6.45) is 6.89. The van der Waals surface area contributed by atoms with E-state index >= 15 is 0 Å². The molecule has 0 radical (unpaired) electrons. The van der Waals surface area contributed by atoms with Crippen LogP contribution in [0.1, 0.15) is 50.5 Å². The molecule has 1 aliphatic rings. The van der Waals surface area contributed by atoms with Crippen molar-refractivity contribution in [2.24, 2.45) is 0 Å². The zero-order chi connectivity index (χ0) is 17.3. The normalized spacial score (nSPS) is 18.6. The molecule has 0 saturated carbocycles. The third-order valence-electron chi connectivity index (χ3n) is 4.03. The molecule has 1 unspecified atom stereocenters. The van der Waals surface area contributed by atoms with Gasteiger partial charge in [-0.15, -0.1) is 0 Å². The van der Waals surface area contributed by atoms with Crippen LogP contribution in [0, 0.1) is 6.92 Å². The van der Waals surface area contributed by atoms with E-state index in [4.69, 9.17) is 13.7 Å². The fourth-order valence-corrected chi connectivity index (χ4v) is 3.50. The third kappa shape index (κ3) is 6.89. The zero-order valence-electron chi connectivity index (χ0n) is 14.4. The van der Waals surface area contributed by atoms with E-state index in [1.54, 1.807) is 24.3 Å². The van der Waals surface area contributed by atoms with Gasteiger partial charge in [0, 0.05) is 13.2 Å². The van der Waals surface area contributed by atoms with E-state index in [0.717, 1.165) is 50.7 Å². The van der Waals surface area contributed by atoms with Crippen molar-refractivity contribution < 1.29 is 22.1 Å². The van der Waals surface area contributed by atoms with E-state index in [9.17, 15) is 8.42 Å². The first-order valence-electron chi connectivity index (χ1n) is 8.77. The molecule has 1 atom stereocenters. The number of ether oxygens (including phenoxy) is 2. The molecule has 0 aliphatic carbocycles. The summed E-state index contributed by atoms with van der Waals surface area (Å²) in [5.41, 5.74) is 1.02. The smallest absolute Gasteiger partial charge is 0.296 e. The Hall–Kier alpha value is -0.950. The van der Waals surface area contributed by atoms with Crippen molar-refractivity contribution in [2.75, 3.05) is 19.8 Å². The van der Waals surface area contributed by atoms with Crippen LogP contribution in [0.15, 0.2) is 29.2 Å². The fraction of sp³-hybridized carbons (Fsp3) is 0.667. The first-order chi connectivity index (χ1) is 11.6. The van der Waals surface area contributed by atoms with Gasteiger partial charge in [0.1, 0.15) is 0 Å². The third-order valence-corrected chi connectivity index (χ3v) is 5.35. The molecule has 24 heavy (non-hydrogen) atoms. The van der Waals surface area contributed by atoms with Crippen LogP contribution in [0.5, 0.6) is 0 Å². The summed E-state index contributed by atoms with van der Waals surface area (Å²) in [7, 11) is -3.63. The molecule has 0 bridgehead atoms.